The fourth-order valence-electron chi connectivity index (χ4n) is 2.24. The second-order valence-corrected chi connectivity index (χ2v) is 5.22. The summed E-state index contributed by atoms with van der Waals surface area (Å²) in [4.78, 5) is 9.30. The topological polar surface area (TPSA) is 47.0 Å². The molecule has 1 unspecified atom stereocenters. The maximum Gasteiger partial charge on any atom is 0.162 e. The van der Waals surface area contributed by atoms with Crippen molar-refractivity contribution in [1.82, 2.24) is 9.97 Å². The van der Waals surface area contributed by atoms with Crippen molar-refractivity contribution >= 4 is 5.82 Å². The van der Waals surface area contributed by atoms with Crippen LogP contribution in [0.5, 0.6) is 0 Å². The highest BCUT2D eigenvalue weighted by molar-refractivity contribution is 5.45. The van der Waals surface area contributed by atoms with E-state index in [2.05, 4.69) is 36.1 Å². The maximum absolute atomic E-state index is 5.83. The van der Waals surface area contributed by atoms with Gasteiger partial charge in [-0.05, 0) is 40.0 Å². The summed E-state index contributed by atoms with van der Waals surface area (Å²) in [6.07, 6.45) is 3.18. The highest BCUT2D eigenvalue weighted by atomic mass is 16.5. The van der Waals surface area contributed by atoms with E-state index < -0.39 is 0 Å². The molecule has 0 aromatic carbocycles. The van der Waals surface area contributed by atoms with E-state index in [1.807, 2.05) is 6.92 Å². The Morgan fingerprint density at radius 1 is 1.33 bits per heavy atom. The summed E-state index contributed by atoms with van der Waals surface area (Å²) in [7, 11) is 0. The van der Waals surface area contributed by atoms with Gasteiger partial charge < -0.3 is 10.1 Å². The molecule has 0 saturated carbocycles. The molecule has 0 aliphatic carbocycles. The molecule has 100 valence electrons. The Morgan fingerprint density at radius 3 is 2.72 bits per heavy atom. The number of rotatable bonds is 4. The van der Waals surface area contributed by atoms with Crippen LogP contribution in [0.2, 0.25) is 0 Å². The summed E-state index contributed by atoms with van der Waals surface area (Å²) in [5, 5.41) is 3.38. The highest BCUT2D eigenvalue weighted by Gasteiger charge is 2.35. The molecular formula is C14H23N3O. The molecule has 1 aromatic heterocycles. The second kappa shape index (κ2) is 5.22. The molecule has 1 aliphatic rings. The van der Waals surface area contributed by atoms with Gasteiger partial charge in [-0.2, -0.15) is 0 Å². The fourth-order valence-corrected chi connectivity index (χ4v) is 2.24. The van der Waals surface area contributed by atoms with Crippen molar-refractivity contribution in [3.8, 4) is 0 Å². The van der Waals surface area contributed by atoms with Crippen molar-refractivity contribution in [2.24, 2.45) is 0 Å². The monoisotopic (exact) mass is 249 g/mol. The smallest absolute Gasteiger partial charge is 0.162 e. The quantitative estimate of drug-likeness (QED) is 0.891. The molecule has 0 bridgehead atoms. The van der Waals surface area contributed by atoms with Crippen LogP contribution in [0.25, 0.3) is 0 Å². The van der Waals surface area contributed by atoms with Gasteiger partial charge in [0.05, 0.1) is 0 Å². The Bertz CT molecular complexity index is 425. The Kier molecular flexibility index (Phi) is 3.85. The zero-order chi connectivity index (χ0) is 13.2. The van der Waals surface area contributed by atoms with E-state index in [4.69, 9.17) is 4.74 Å². The minimum absolute atomic E-state index is 0.304. The van der Waals surface area contributed by atoms with E-state index >= 15 is 0 Å². The number of aryl methyl sites for hydroxylation is 1. The van der Waals surface area contributed by atoms with Crippen LogP contribution in [0.3, 0.4) is 0 Å². The summed E-state index contributed by atoms with van der Waals surface area (Å²) in [6, 6.07) is 0. The lowest BCUT2D eigenvalue weighted by molar-refractivity contribution is 0.00929. The van der Waals surface area contributed by atoms with Crippen LogP contribution in [-0.2, 0) is 10.3 Å². The van der Waals surface area contributed by atoms with Gasteiger partial charge >= 0.3 is 0 Å². The number of hydrogen-bond acceptors (Lipinski definition) is 4. The van der Waals surface area contributed by atoms with Gasteiger partial charge in [-0.1, -0.05) is 6.92 Å². The summed E-state index contributed by atoms with van der Waals surface area (Å²) in [5.74, 6) is 1.78. The minimum Gasteiger partial charge on any atom is -0.370 e. The molecule has 1 aliphatic heterocycles. The lowest BCUT2D eigenvalue weighted by Crippen LogP contribution is -2.25. The third-order valence-corrected chi connectivity index (χ3v) is 3.62. The Hall–Kier alpha value is -1.16. The van der Waals surface area contributed by atoms with Gasteiger partial charge in [-0.25, -0.2) is 9.97 Å². The van der Waals surface area contributed by atoms with E-state index in [0.717, 1.165) is 55.3 Å². The van der Waals surface area contributed by atoms with Crippen molar-refractivity contribution in [3.05, 3.63) is 17.1 Å². The standard InChI is InChI=1S/C14H23N3O/c1-5-8-15-12-10(2)11(3)16-13(17-12)14(4)7-6-9-18-14/h5-9H2,1-4H3,(H,15,16,17). The molecule has 18 heavy (non-hydrogen) atoms. The first-order chi connectivity index (χ1) is 8.57. The lowest BCUT2D eigenvalue weighted by Gasteiger charge is -2.23. The molecular weight excluding hydrogens is 226 g/mol. The van der Waals surface area contributed by atoms with E-state index in [-0.39, 0.29) is 5.60 Å². The fraction of sp³-hybridized carbons (Fsp3) is 0.714. The third-order valence-electron chi connectivity index (χ3n) is 3.62. The maximum atomic E-state index is 5.83. The van der Waals surface area contributed by atoms with Gasteiger partial charge in [0.2, 0.25) is 0 Å². The van der Waals surface area contributed by atoms with Gasteiger partial charge in [-0.3, -0.25) is 0 Å². The predicted molar refractivity (Wildman–Crippen MR) is 72.8 cm³/mol. The van der Waals surface area contributed by atoms with Gasteiger partial charge in [0.25, 0.3) is 0 Å². The number of aromatic nitrogens is 2. The molecule has 2 heterocycles. The van der Waals surface area contributed by atoms with Crippen LogP contribution in [0, 0.1) is 13.8 Å². The molecule has 1 saturated heterocycles. The number of hydrogen-bond donors (Lipinski definition) is 1. The average Bonchev–Trinajstić information content (AvgIpc) is 2.79. The lowest BCUT2D eigenvalue weighted by atomic mass is 10.0. The number of anilines is 1. The van der Waals surface area contributed by atoms with Crippen molar-refractivity contribution in [2.45, 2.75) is 52.6 Å². The van der Waals surface area contributed by atoms with E-state index in [1.165, 1.54) is 0 Å². The molecule has 0 radical (unpaired) electrons. The Balaban J connectivity index is 2.34. The highest BCUT2D eigenvalue weighted by Crippen LogP contribution is 2.34. The van der Waals surface area contributed by atoms with Gasteiger partial charge in [0.1, 0.15) is 11.4 Å². The van der Waals surface area contributed by atoms with Crippen LogP contribution in [0.1, 0.15) is 50.2 Å². The Labute approximate surface area is 109 Å². The summed E-state index contributed by atoms with van der Waals surface area (Å²) in [6.45, 7) is 10.1. The van der Waals surface area contributed by atoms with Crippen LogP contribution in [-0.4, -0.2) is 23.1 Å². The normalized spacial score (nSPS) is 23.3. The molecule has 4 heteroatoms. The van der Waals surface area contributed by atoms with E-state index in [9.17, 15) is 0 Å². The van der Waals surface area contributed by atoms with Gasteiger partial charge in [-0.15, -0.1) is 0 Å². The molecule has 0 amide bonds. The van der Waals surface area contributed by atoms with E-state index in [0.29, 0.717) is 0 Å². The van der Waals surface area contributed by atoms with Crippen LogP contribution >= 0.6 is 0 Å². The van der Waals surface area contributed by atoms with Crippen LogP contribution in [0.15, 0.2) is 0 Å². The first-order valence-electron chi connectivity index (χ1n) is 6.80. The zero-order valence-electron chi connectivity index (χ0n) is 11.8. The number of nitrogens with zero attached hydrogens (tertiary/aromatic N) is 2. The summed E-state index contributed by atoms with van der Waals surface area (Å²) < 4.78 is 5.83. The third kappa shape index (κ3) is 2.48. The second-order valence-electron chi connectivity index (χ2n) is 5.22. The van der Waals surface area contributed by atoms with Crippen LogP contribution < -0.4 is 5.32 Å². The van der Waals surface area contributed by atoms with Gasteiger partial charge in [0, 0.05) is 24.4 Å². The average molecular weight is 249 g/mol. The van der Waals surface area contributed by atoms with Crippen molar-refractivity contribution in [3.63, 3.8) is 0 Å². The first kappa shape index (κ1) is 13.3. The van der Waals surface area contributed by atoms with Crippen LogP contribution in [0.4, 0.5) is 5.82 Å². The molecule has 1 aromatic rings. The Morgan fingerprint density at radius 2 is 2.11 bits per heavy atom. The van der Waals surface area contributed by atoms with Gasteiger partial charge in [0.15, 0.2) is 5.82 Å². The first-order valence-corrected chi connectivity index (χ1v) is 6.80. The molecule has 1 N–H and O–H groups in total. The SMILES string of the molecule is CCCNc1nc(C2(C)CCCO2)nc(C)c1C. The molecule has 0 spiro atoms. The molecule has 1 fully saturated rings. The summed E-state index contributed by atoms with van der Waals surface area (Å²) in [5.41, 5.74) is 1.87. The van der Waals surface area contributed by atoms with E-state index in [1.54, 1.807) is 0 Å². The van der Waals surface area contributed by atoms with Crippen molar-refractivity contribution in [2.75, 3.05) is 18.5 Å². The minimum atomic E-state index is -0.304. The molecule has 1 atom stereocenters. The number of ether oxygens (including phenoxy) is 1. The van der Waals surface area contributed by atoms with Crippen molar-refractivity contribution < 1.29 is 4.74 Å². The predicted octanol–water partition coefficient (Wildman–Crippen LogP) is 2.94. The summed E-state index contributed by atoms with van der Waals surface area (Å²) >= 11 is 0. The molecule has 2 rings (SSSR count). The zero-order valence-corrected chi connectivity index (χ0v) is 11.8. The molecule has 4 nitrogen and oxygen atoms in total. The van der Waals surface area contributed by atoms with Crippen molar-refractivity contribution in [1.29, 1.82) is 0 Å². The number of nitrogens with one attached hydrogen (secondary N) is 1. The largest absolute Gasteiger partial charge is 0.370 e.